The van der Waals surface area contributed by atoms with Gasteiger partial charge in [-0.15, -0.1) is 0 Å². The molecule has 28 heavy (non-hydrogen) atoms. The number of anilines is 3. The number of methoxy groups -OCH3 is 1. The number of amides is 1. The Morgan fingerprint density at radius 3 is 2.39 bits per heavy atom. The molecule has 1 amide bonds. The van der Waals surface area contributed by atoms with E-state index >= 15 is 0 Å². The molecular formula is C22H24N4O2. The summed E-state index contributed by atoms with van der Waals surface area (Å²) in [6.45, 7) is 6.52. The topological polar surface area (TPSA) is 76.1 Å². The van der Waals surface area contributed by atoms with Gasteiger partial charge in [-0.2, -0.15) is 0 Å². The fourth-order valence-electron chi connectivity index (χ4n) is 2.69. The highest BCUT2D eigenvalue weighted by molar-refractivity contribution is 6.04. The number of nitrogens with zero attached hydrogens (tertiary/aromatic N) is 2. The van der Waals surface area contributed by atoms with Crippen molar-refractivity contribution < 1.29 is 9.53 Å². The largest absolute Gasteiger partial charge is 0.495 e. The molecule has 0 bridgehead atoms. The van der Waals surface area contributed by atoms with Crippen molar-refractivity contribution in [1.82, 2.24) is 9.97 Å². The van der Waals surface area contributed by atoms with E-state index in [2.05, 4.69) is 53.5 Å². The summed E-state index contributed by atoms with van der Waals surface area (Å²) in [5.41, 5.74) is 3.08. The molecule has 144 valence electrons. The number of nitrogens with one attached hydrogen (secondary N) is 2. The fourth-order valence-corrected chi connectivity index (χ4v) is 2.69. The standard InChI is InChI=1S/C22H24N4O2/c1-22(2,3)15-9-11-16(12-10-15)25-20-13-18(23-14-24-20)21(27)26-17-7-5-6-8-19(17)28-4/h5-14H,1-4H3,(H,26,27)(H,23,24,25). The van der Waals surface area contributed by atoms with E-state index < -0.39 is 0 Å². The molecule has 2 aromatic carbocycles. The molecule has 0 spiro atoms. The van der Waals surface area contributed by atoms with Crippen LogP contribution in [0.3, 0.4) is 0 Å². The Kier molecular flexibility index (Phi) is 5.59. The van der Waals surface area contributed by atoms with Crippen molar-refractivity contribution in [2.24, 2.45) is 0 Å². The first-order chi connectivity index (χ1) is 13.4. The van der Waals surface area contributed by atoms with Crippen LogP contribution in [0, 0.1) is 0 Å². The summed E-state index contributed by atoms with van der Waals surface area (Å²) < 4.78 is 5.26. The molecule has 1 heterocycles. The van der Waals surface area contributed by atoms with Crippen molar-refractivity contribution in [1.29, 1.82) is 0 Å². The SMILES string of the molecule is COc1ccccc1NC(=O)c1cc(Nc2ccc(C(C)(C)C)cc2)ncn1. The molecule has 6 heteroatoms. The van der Waals surface area contributed by atoms with E-state index in [0.717, 1.165) is 5.69 Å². The highest BCUT2D eigenvalue weighted by atomic mass is 16.5. The van der Waals surface area contributed by atoms with Crippen molar-refractivity contribution in [2.75, 3.05) is 17.7 Å². The van der Waals surface area contributed by atoms with Gasteiger partial charge in [-0.1, -0.05) is 45.0 Å². The second-order valence-electron chi connectivity index (χ2n) is 7.40. The molecule has 0 aliphatic carbocycles. The quantitative estimate of drug-likeness (QED) is 0.670. The van der Waals surface area contributed by atoms with E-state index in [0.29, 0.717) is 17.3 Å². The molecule has 0 aliphatic rings. The van der Waals surface area contributed by atoms with Gasteiger partial charge in [-0.3, -0.25) is 4.79 Å². The maximum Gasteiger partial charge on any atom is 0.274 e. The Hall–Kier alpha value is -3.41. The van der Waals surface area contributed by atoms with Gasteiger partial charge >= 0.3 is 0 Å². The summed E-state index contributed by atoms with van der Waals surface area (Å²) in [6.07, 6.45) is 1.36. The molecular weight excluding hydrogens is 352 g/mol. The minimum atomic E-state index is -0.335. The third kappa shape index (κ3) is 4.65. The third-order valence-corrected chi connectivity index (χ3v) is 4.28. The average molecular weight is 376 g/mol. The average Bonchev–Trinajstić information content (AvgIpc) is 2.68. The van der Waals surface area contributed by atoms with Gasteiger partial charge in [-0.05, 0) is 35.2 Å². The Morgan fingerprint density at radius 1 is 1.00 bits per heavy atom. The van der Waals surface area contributed by atoms with Crippen LogP contribution in [0.25, 0.3) is 0 Å². The zero-order valence-corrected chi connectivity index (χ0v) is 16.5. The number of hydrogen-bond acceptors (Lipinski definition) is 5. The Labute approximate surface area is 165 Å². The maximum absolute atomic E-state index is 12.6. The second kappa shape index (κ2) is 8.08. The highest BCUT2D eigenvalue weighted by Gasteiger charge is 2.14. The molecule has 2 N–H and O–H groups in total. The Morgan fingerprint density at radius 2 is 1.71 bits per heavy atom. The second-order valence-corrected chi connectivity index (χ2v) is 7.40. The predicted molar refractivity (Wildman–Crippen MR) is 111 cm³/mol. The van der Waals surface area contributed by atoms with E-state index in [1.54, 1.807) is 25.3 Å². The van der Waals surface area contributed by atoms with E-state index in [1.165, 1.54) is 11.9 Å². The molecule has 3 rings (SSSR count). The third-order valence-electron chi connectivity index (χ3n) is 4.28. The zero-order chi connectivity index (χ0) is 20.1. The lowest BCUT2D eigenvalue weighted by Crippen LogP contribution is -2.15. The lowest BCUT2D eigenvalue weighted by molar-refractivity contribution is 0.102. The van der Waals surface area contributed by atoms with E-state index in [4.69, 9.17) is 4.74 Å². The Bertz CT molecular complexity index is 963. The first-order valence-electron chi connectivity index (χ1n) is 9.01. The summed E-state index contributed by atoms with van der Waals surface area (Å²) >= 11 is 0. The van der Waals surface area contributed by atoms with Crippen molar-refractivity contribution >= 4 is 23.1 Å². The summed E-state index contributed by atoms with van der Waals surface area (Å²) in [6, 6.07) is 17.0. The molecule has 0 radical (unpaired) electrons. The lowest BCUT2D eigenvalue weighted by Gasteiger charge is -2.19. The molecule has 3 aromatic rings. The number of rotatable bonds is 5. The van der Waals surface area contributed by atoms with Crippen molar-refractivity contribution in [3.8, 4) is 5.75 Å². The summed E-state index contributed by atoms with van der Waals surface area (Å²) in [7, 11) is 1.56. The zero-order valence-electron chi connectivity index (χ0n) is 16.5. The lowest BCUT2D eigenvalue weighted by atomic mass is 9.87. The van der Waals surface area contributed by atoms with Crippen LogP contribution in [0.2, 0.25) is 0 Å². The number of hydrogen-bond donors (Lipinski definition) is 2. The van der Waals surface area contributed by atoms with Gasteiger partial charge < -0.3 is 15.4 Å². The molecule has 0 atom stereocenters. The summed E-state index contributed by atoms with van der Waals surface area (Å²) in [4.78, 5) is 20.8. The van der Waals surface area contributed by atoms with Crippen LogP contribution >= 0.6 is 0 Å². The monoisotopic (exact) mass is 376 g/mol. The number of para-hydroxylation sites is 2. The molecule has 0 saturated heterocycles. The summed E-state index contributed by atoms with van der Waals surface area (Å²) in [5, 5.41) is 6.02. The van der Waals surface area contributed by atoms with Crippen LogP contribution in [0.5, 0.6) is 5.75 Å². The molecule has 0 unspecified atom stereocenters. The van der Waals surface area contributed by atoms with Gasteiger partial charge in [0, 0.05) is 11.8 Å². The molecule has 1 aromatic heterocycles. The molecule has 6 nitrogen and oxygen atoms in total. The predicted octanol–water partition coefficient (Wildman–Crippen LogP) is 4.78. The number of benzene rings is 2. The number of carbonyl (C=O) groups excluding carboxylic acids is 1. The minimum absolute atomic E-state index is 0.0944. The molecule has 0 saturated carbocycles. The van der Waals surface area contributed by atoms with E-state index in [1.807, 2.05) is 24.3 Å². The van der Waals surface area contributed by atoms with Gasteiger partial charge in [0.05, 0.1) is 12.8 Å². The van der Waals surface area contributed by atoms with Crippen LogP contribution in [0.1, 0.15) is 36.8 Å². The van der Waals surface area contributed by atoms with E-state index in [9.17, 15) is 4.79 Å². The Balaban J connectivity index is 1.74. The van der Waals surface area contributed by atoms with Gasteiger partial charge in [0.1, 0.15) is 23.6 Å². The van der Waals surface area contributed by atoms with Crippen LogP contribution in [0.15, 0.2) is 60.9 Å². The van der Waals surface area contributed by atoms with Gasteiger partial charge in [-0.25, -0.2) is 9.97 Å². The normalized spacial score (nSPS) is 11.0. The first-order valence-corrected chi connectivity index (χ1v) is 9.01. The number of aromatic nitrogens is 2. The smallest absolute Gasteiger partial charge is 0.274 e. The summed E-state index contributed by atoms with van der Waals surface area (Å²) in [5.74, 6) is 0.795. The number of carbonyl (C=O) groups is 1. The molecule has 0 aliphatic heterocycles. The van der Waals surface area contributed by atoms with Crippen LogP contribution < -0.4 is 15.4 Å². The maximum atomic E-state index is 12.6. The van der Waals surface area contributed by atoms with Crippen molar-refractivity contribution in [3.05, 3.63) is 72.2 Å². The first kappa shape index (κ1) is 19.4. The van der Waals surface area contributed by atoms with Gasteiger partial charge in [0.2, 0.25) is 0 Å². The van der Waals surface area contributed by atoms with Crippen molar-refractivity contribution in [3.63, 3.8) is 0 Å². The van der Waals surface area contributed by atoms with Gasteiger partial charge in [0.15, 0.2) is 0 Å². The van der Waals surface area contributed by atoms with Crippen molar-refractivity contribution in [2.45, 2.75) is 26.2 Å². The minimum Gasteiger partial charge on any atom is -0.495 e. The number of ether oxygens (including phenoxy) is 1. The molecule has 0 fully saturated rings. The van der Waals surface area contributed by atoms with Crippen LogP contribution in [-0.2, 0) is 5.41 Å². The fraction of sp³-hybridized carbons (Fsp3) is 0.227. The highest BCUT2D eigenvalue weighted by Crippen LogP contribution is 2.25. The van der Waals surface area contributed by atoms with E-state index in [-0.39, 0.29) is 17.0 Å². The van der Waals surface area contributed by atoms with Crippen LogP contribution in [-0.4, -0.2) is 23.0 Å². The van der Waals surface area contributed by atoms with Gasteiger partial charge in [0.25, 0.3) is 5.91 Å². The van der Waals surface area contributed by atoms with Crippen LogP contribution in [0.4, 0.5) is 17.2 Å².